The molecule has 1 aromatic carbocycles. The molecule has 0 heterocycles. The number of hydrogen-bond acceptors (Lipinski definition) is 3. The summed E-state index contributed by atoms with van der Waals surface area (Å²) >= 11 is 0. The molecule has 3 atom stereocenters. The Morgan fingerprint density at radius 3 is 2.88 bits per heavy atom. The minimum atomic E-state index is -0.401. The Kier molecular flexibility index (Phi) is 3.93. The van der Waals surface area contributed by atoms with E-state index in [0.29, 0.717) is 25.1 Å². The predicted octanol–water partition coefficient (Wildman–Crippen LogP) is 1.14. The molecule has 0 aliphatic heterocycles. The van der Waals surface area contributed by atoms with E-state index in [0.717, 1.165) is 0 Å². The number of aliphatic hydroxyl groups is 1. The summed E-state index contributed by atoms with van der Waals surface area (Å²) < 4.78 is 4.88. The molecule has 1 saturated carbocycles. The smallest absolute Gasteiger partial charge is 0.0897 e. The number of benzene rings is 1. The topological polar surface area (TPSA) is 41.5 Å². The van der Waals surface area contributed by atoms with Crippen LogP contribution in [0.3, 0.4) is 0 Å². The normalized spacial score (nSPS) is 25.4. The van der Waals surface area contributed by atoms with Gasteiger partial charge in [0.05, 0.1) is 12.7 Å². The van der Waals surface area contributed by atoms with Crippen molar-refractivity contribution < 1.29 is 9.84 Å². The first-order valence-electron chi connectivity index (χ1n) is 5.76. The van der Waals surface area contributed by atoms with Crippen molar-refractivity contribution >= 4 is 0 Å². The van der Waals surface area contributed by atoms with Crippen LogP contribution in [-0.4, -0.2) is 37.5 Å². The van der Waals surface area contributed by atoms with Crippen molar-refractivity contribution in [2.24, 2.45) is 0 Å². The average Bonchev–Trinajstić information content (AvgIpc) is 3.07. The van der Waals surface area contributed by atoms with Crippen LogP contribution in [-0.2, 0) is 4.74 Å². The maximum Gasteiger partial charge on any atom is 0.0897 e. The molecule has 0 spiro atoms. The molecule has 16 heavy (non-hydrogen) atoms. The molecule has 3 nitrogen and oxygen atoms in total. The lowest BCUT2D eigenvalue weighted by Gasteiger charge is -2.10. The van der Waals surface area contributed by atoms with E-state index in [1.165, 1.54) is 12.0 Å². The Hall–Kier alpha value is -0.900. The van der Waals surface area contributed by atoms with Gasteiger partial charge in [0.15, 0.2) is 0 Å². The second kappa shape index (κ2) is 5.43. The minimum absolute atomic E-state index is 0.399. The van der Waals surface area contributed by atoms with Crippen LogP contribution in [0.15, 0.2) is 30.3 Å². The molecule has 0 amide bonds. The quantitative estimate of drug-likeness (QED) is 0.757. The standard InChI is InChI=1S/C13H19NO2/c1-16-9-11(15)8-14-13-7-12(13)10-5-3-2-4-6-10/h2-6,11-15H,7-9H2,1H3. The molecule has 0 saturated heterocycles. The van der Waals surface area contributed by atoms with Gasteiger partial charge in [0.2, 0.25) is 0 Å². The highest BCUT2D eigenvalue weighted by molar-refractivity contribution is 5.27. The molecule has 3 unspecified atom stereocenters. The molecule has 1 fully saturated rings. The number of aliphatic hydroxyl groups excluding tert-OH is 1. The SMILES string of the molecule is COCC(O)CNC1CC1c1ccccc1. The number of methoxy groups -OCH3 is 1. The highest BCUT2D eigenvalue weighted by Gasteiger charge is 2.37. The molecule has 1 aromatic rings. The van der Waals surface area contributed by atoms with Crippen molar-refractivity contribution in [3.05, 3.63) is 35.9 Å². The lowest BCUT2D eigenvalue weighted by Crippen LogP contribution is -2.31. The van der Waals surface area contributed by atoms with Gasteiger partial charge >= 0.3 is 0 Å². The van der Waals surface area contributed by atoms with E-state index in [2.05, 4.69) is 29.6 Å². The first kappa shape index (κ1) is 11.6. The molecular weight excluding hydrogens is 202 g/mol. The van der Waals surface area contributed by atoms with Gasteiger partial charge in [0, 0.05) is 25.6 Å². The van der Waals surface area contributed by atoms with E-state index >= 15 is 0 Å². The zero-order valence-electron chi connectivity index (χ0n) is 9.60. The van der Waals surface area contributed by atoms with Gasteiger partial charge in [-0.1, -0.05) is 30.3 Å². The van der Waals surface area contributed by atoms with E-state index in [4.69, 9.17) is 4.74 Å². The molecule has 3 heteroatoms. The lowest BCUT2D eigenvalue weighted by atomic mass is 10.1. The van der Waals surface area contributed by atoms with Gasteiger partial charge in [-0.05, 0) is 12.0 Å². The third-order valence-corrected chi connectivity index (χ3v) is 2.99. The van der Waals surface area contributed by atoms with Gasteiger partial charge in [0.25, 0.3) is 0 Å². The van der Waals surface area contributed by atoms with Crippen molar-refractivity contribution in [2.45, 2.75) is 24.5 Å². The second-order valence-corrected chi connectivity index (χ2v) is 4.38. The van der Waals surface area contributed by atoms with Crippen molar-refractivity contribution in [2.75, 3.05) is 20.3 Å². The van der Waals surface area contributed by atoms with Crippen molar-refractivity contribution in [1.29, 1.82) is 0 Å². The van der Waals surface area contributed by atoms with Gasteiger partial charge in [-0.2, -0.15) is 0 Å². The maximum atomic E-state index is 9.50. The van der Waals surface area contributed by atoms with Crippen LogP contribution in [0.1, 0.15) is 17.9 Å². The number of ether oxygens (including phenoxy) is 1. The second-order valence-electron chi connectivity index (χ2n) is 4.38. The van der Waals surface area contributed by atoms with Gasteiger partial charge in [0.1, 0.15) is 0 Å². The van der Waals surface area contributed by atoms with Crippen LogP contribution < -0.4 is 5.32 Å². The third kappa shape index (κ3) is 3.04. The summed E-state index contributed by atoms with van der Waals surface area (Å²) in [6.45, 7) is 1.01. The number of nitrogens with one attached hydrogen (secondary N) is 1. The fourth-order valence-electron chi connectivity index (χ4n) is 2.03. The van der Waals surface area contributed by atoms with Gasteiger partial charge < -0.3 is 15.2 Å². The Balaban J connectivity index is 1.72. The molecule has 88 valence electrons. The van der Waals surface area contributed by atoms with E-state index in [1.807, 2.05) is 6.07 Å². The van der Waals surface area contributed by atoms with Crippen LogP contribution in [0.5, 0.6) is 0 Å². The third-order valence-electron chi connectivity index (χ3n) is 2.99. The molecule has 0 radical (unpaired) electrons. The highest BCUT2D eigenvalue weighted by atomic mass is 16.5. The molecule has 0 bridgehead atoms. The fraction of sp³-hybridized carbons (Fsp3) is 0.538. The highest BCUT2D eigenvalue weighted by Crippen LogP contribution is 2.40. The summed E-state index contributed by atoms with van der Waals surface area (Å²) in [5, 5.41) is 12.9. The monoisotopic (exact) mass is 221 g/mol. The van der Waals surface area contributed by atoms with E-state index in [1.54, 1.807) is 7.11 Å². The summed E-state index contributed by atoms with van der Waals surface area (Å²) in [5.74, 6) is 0.621. The Labute approximate surface area is 96.4 Å². The lowest BCUT2D eigenvalue weighted by molar-refractivity contribution is 0.0643. The van der Waals surface area contributed by atoms with Crippen LogP contribution in [0, 0.1) is 0 Å². The molecule has 2 N–H and O–H groups in total. The van der Waals surface area contributed by atoms with E-state index in [-0.39, 0.29) is 0 Å². The zero-order chi connectivity index (χ0) is 11.4. The molecular formula is C13H19NO2. The molecule has 1 aliphatic rings. The van der Waals surface area contributed by atoms with Crippen LogP contribution in [0.4, 0.5) is 0 Å². The van der Waals surface area contributed by atoms with Crippen LogP contribution in [0.2, 0.25) is 0 Å². The largest absolute Gasteiger partial charge is 0.389 e. The van der Waals surface area contributed by atoms with Crippen molar-refractivity contribution in [3.63, 3.8) is 0 Å². The Morgan fingerprint density at radius 1 is 1.44 bits per heavy atom. The molecule has 1 aliphatic carbocycles. The summed E-state index contributed by atoms with van der Waals surface area (Å²) in [6.07, 6.45) is 0.769. The fourth-order valence-corrected chi connectivity index (χ4v) is 2.03. The summed E-state index contributed by atoms with van der Waals surface area (Å²) in [6, 6.07) is 11.0. The van der Waals surface area contributed by atoms with E-state index in [9.17, 15) is 5.11 Å². The number of rotatable bonds is 6. The van der Waals surface area contributed by atoms with Crippen LogP contribution >= 0.6 is 0 Å². The van der Waals surface area contributed by atoms with Gasteiger partial charge in [-0.15, -0.1) is 0 Å². The van der Waals surface area contributed by atoms with Crippen LogP contribution in [0.25, 0.3) is 0 Å². The molecule has 0 aromatic heterocycles. The van der Waals surface area contributed by atoms with Crippen molar-refractivity contribution in [3.8, 4) is 0 Å². The zero-order valence-corrected chi connectivity index (χ0v) is 9.60. The van der Waals surface area contributed by atoms with Gasteiger partial charge in [-0.25, -0.2) is 0 Å². The van der Waals surface area contributed by atoms with E-state index < -0.39 is 6.10 Å². The van der Waals surface area contributed by atoms with Gasteiger partial charge in [-0.3, -0.25) is 0 Å². The molecule has 2 rings (SSSR count). The Morgan fingerprint density at radius 2 is 2.19 bits per heavy atom. The summed E-state index contributed by atoms with van der Waals surface area (Å²) in [5.41, 5.74) is 1.39. The minimum Gasteiger partial charge on any atom is -0.389 e. The predicted molar refractivity (Wildman–Crippen MR) is 63.5 cm³/mol. The maximum absolute atomic E-state index is 9.50. The summed E-state index contributed by atoms with van der Waals surface area (Å²) in [4.78, 5) is 0. The first-order valence-corrected chi connectivity index (χ1v) is 5.76. The first-order chi connectivity index (χ1) is 7.81. The average molecular weight is 221 g/mol. The Bertz CT molecular complexity index is 315. The number of hydrogen-bond donors (Lipinski definition) is 2. The van der Waals surface area contributed by atoms with Crippen molar-refractivity contribution in [1.82, 2.24) is 5.32 Å². The summed E-state index contributed by atoms with van der Waals surface area (Å²) in [7, 11) is 1.60.